The minimum Gasteiger partial charge on any atom is -0.301 e. The van der Waals surface area contributed by atoms with E-state index >= 15 is 0 Å². The van der Waals surface area contributed by atoms with E-state index in [1.165, 1.54) is 22.8 Å². The Morgan fingerprint density at radius 3 is 2.93 bits per heavy atom. The van der Waals surface area contributed by atoms with Crippen LogP contribution in [0.15, 0.2) is 34.6 Å². The highest BCUT2D eigenvalue weighted by atomic mass is 35.5. The van der Waals surface area contributed by atoms with Gasteiger partial charge in [-0.05, 0) is 18.2 Å². The van der Waals surface area contributed by atoms with E-state index in [9.17, 15) is 9.18 Å². The molecule has 0 unspecified atom stereocenters. The zero-order valence-corrected chi connectivity index (χ0v) is 9.19. The summed E-state index contributed by atoms with van der Waals surface area (Å²) in [7, 11) is 0. The van der Waals surface area contributed by atoms with Crippen LogP contribution in [0.5, 0.6) is 0 Å². The quantitative estimate of drug-likeness (QED) is 0.795. The van der Waals surface area contributed by atoms with E-state index in [2.05, 4.69) is 0 Å². The van der Waals surface area contributed by atoms with Crippen molar-refractivity contribution in [3.05, 3.63) is 55.8 Å². The Morgan fingerprint density at radius 2 is 2.27 bits per heavy atom. The minimum absolute atomic E-state index is 0.102. The molecule has 0 saturated carbocycles. The largest absolute Gasteiger partial charge is 0.307 e. The molecule has 2 nitrogen and oxygen atoms in total. The van der Waals surface area contributed by atoms with Gasteiger partial charge in [-0.3, -0.25) is 4.79 Å². The molecule has 2 rings (SSSR count). The molecule has 2 aromatic rings. The molecule has 1 aromatic carbocycles. The predicted octanol–water partition coefficient (Wildman–Crippen LogP) is 2.75. The zero-order valence-electron chi connectivity index (χ0n) is 7.61. The van der Waals surface area contributed by atoms with Crippen LogP contribution in [0, 0.1) is 5.82 Å². The van der Waals surface area contributed by atoms with Crippen molar-refractivity contribution in [2.24, 2.45) is 0 Å². The molecule has 15 heavy (non-hydrogen) atoms. The molecule has 0 saturated heterocycles. The van der Waals surface area contributed by atoms with E-state index in [-0.39, 0.29) is 17.2 Å². The van der Waals surface area contributed by atoms with Crippen LogP contribution in [0.2, 0.25) is 5.02 Å². The van der Waals surface area contributed by atoms with Crippen LogP contribution < -0.4 is 4.87 Å². The Bertz CT molecular complexity index is 534. The monoisotopic (exact) mass is 243 g/mol. The van der Waals surface area contributed by atoms with Gasteiger partial charge in [0.15, 0.2) is 0 Å². The summed E-state index contributed by atoms with van der Waals surface area (Å²) in [5, 5.41) is 2.14. The maximum absolute atomic E-state index is 13.3. The lowest BCUT2D eigenvalue weighted by atomic mass is 10.2. The molecule has 0 amide bonds. The summed E-state index contributed by atoms with van der Waals surface area (Å²) in [5.74, 6) is -0.350. The standard InChI is InChI=1S/C10H7ClFNOS/c11-8-1-2-9(12)7(5-8)6-13-3-4-15-10(13)14/h1-5H,6H2. The van der Waals surface area contributed by atoms with Crippen LogP contribution in [-0.4, -0.2) is 4.57 Å². The van der Waals surface area contributed by atoms with Gasteiger partial charge >= 0.3 is 4.87 Å². The Labute approximate surface area is 94.6 Å². The number of rotatable bonds is 2. The summed E-state index contributed by atoms with van der Waals surface area (Å²) >= 11 is 6.83. The Kier molecular flexibility index (Phi) is 2.88. The normalized spacial score (nSPS) is 10.5. The van der Waals surface area contributed by atoms with Crippen LogP contribution >= 0.6 is 22.9 Å². The first-order chi connectivity index (χ1) is 7.16. The van der Waals surface area contributed by atoms with Crippen molar-refractivity contribution >= 4 is 22.9 Å². The molecule has 78 valence electrons. The van der Waals surface area contributed by atoms with Gasteiger partial charge in [0, 0.05) is 22.2 Å². The van der Waals surface area contributed by atoms with Gasteiger partial charge in [-0.2, -0.15) is 0 Å². The zero-order chi connectivity index (χ0) is 10.8. The Balaban J connectivity index is 2.36. The molecule has 1 aromatic heterocycles. The summed E-state index contributed by atoms with van der Waals surface area (Å²) in [6, 6.07) is 4.31. The topological polar surface area (TPSA) is 22.0 Å². The van der Waals surface area contributed by atoms with Crippen molar-refractivity contribution in [3.63, 3.8) is 0 Å². The average molecular weight is 244 g/mol. The molecule has 0 spiro atoms. The van der Waals surface area contributed by atoms with Gasteiger partial charge < -0.3 is 4.57 Å². The number of hydrogen-bond donors (Lipinski definition) is 0. The molecule has 0 atom stereocenters. The third kappa shape index (κ3) is 2.27. The third-order valence-electron chi connectivity index (χ3n) is 1.99. The van der Waals surface area contributed by atoms with E-state index in [4.69, 9.17) is 11.6 Å². The number of thiazole rings is 1. The van der Waals surface area contributed by atoms with Crippen molar-refractivity contribution in [2.75, 3.05) is 0 Å². The third-order valence-corrected chi connectivity index (χ3v) is 2.92. The van der Waals surface area contributed by atoms with Gasteiger partial charge in [-0.25, -0.2) is 4.39 Å². The van der Waals surface area contributed by atoms with Gasteiger partial charge in [0.05, 0.1) is 6.54 Å². The number of benzene rings is 1. The fourth-order valence-electron chi connectivity index (χ4n) is 1.26. The average Bonchev–Trinajstić information content (AvgIpc) is 2.58. The van der Waals surface area contributed by atoms with Crippen LogP contribution in [-0.2, 0) is 6.54 Å². The lowest BCUT2D eigenvalue weighted by Crippen LogP contribution is -2.13. The van der Waals surface area contributed by atoms with Crippen molar-refractivity contribution in [1.82, 2.24) is 4.57 Å². The minimum atomic E-state index is -0.350. The molecular weight excluding hydrogens is 237 g/mol. The van der Waals surface area contributed by atoms with E-state index in [0.717, 1.165) is 11.3 Å². The van der Waals surface area contributed by atoms with Crippen LogP contribution in [0.4, 0.5) is 4.39 Å². The fourth-order valence-corrected chi connectivity index (χ4v) is 2.04. The molecule has 0 bridgehead atoms. The molecule has 0 N–H and O–H groups in total. The second-order valence-corrected chi connectivity index (χ2v) is 4.33. The summed E-state index contributed by atoms with van der Waals surface area (Å²) in [6.07, 6.45) is 1.63. The Hall–Kier alpha value is -1.13. The summed E-state index contributed by atoms with van der Waals surface area (Å²) in [6.45, 7) is 0.217. The molecular formula is C10H7ClFNOS. The summed E-state index contributed by atoms with van der Waals surface area (Å²) < 4.78 is 14.8. The van der Waals surface area contributed by atoms with Crippen molar-refractivity contribution in [2.45, 2.75) is 6.54 Å². The molecule has 0 fully saturated rings. The van der Waals surface area contributed by atoms with Gasteiger partial charge in [0.25, 0.3) is 0 Å². The van der Waals surface area contributed by atoms with Crippen LogP contribution in [0.25, 0.3) is 0 Å². The molecule has 0 aliphatic rings. The lowest BCUT2D eigenvalue weighted by Gasteiger charge is -2.03. The number of halogens is 2. The first kappa shape index (κ1) is 10.4. The van der Waals surface area contributed by atoms with E-state index in [1.54, 1.807) is 11.6 Å². The van der Waals surface area contributed by atoms with Crippen LogP contribution in [0.3, 0.4) is 0 Å². The van der Waals surface area contributed by atoms with E-state index in [1.807, 2.05) is 0 Å². The van der Waals surface area contributed by atoms with Gasteiger partial charge in [0.1, 0.15) is 5.82 Å². The fraction of sp³-hybridized carbons (Fsp3) is 0.100. The predicted molar refractivity (Wildman–Crippen MR) is 59.1 cm³/mol. The summed E-state index contributed by atoms with van der Waals surface area (Å²) in [4.78, 5) is 11.1. The van der Waals surface area contributed by atoms with E-state index < -0.39 is 0 Å². The lowest BCUT2D eigenvalue weighted by molar-refractivity contribution is 0.598. The first-order valence-electron chi connectivity index (χ1n) is 4.24. The Morgan fingerprint density at radius 1 is 1.47 bits per heavy atom. The molecule has 0 radical (unpaired) electrons. The highest BCUT2D eigenvalue weighted by molar-refractivity contribution is 7.07. The molecule has 0 aliphatic carbocycles. The number of hydrogen-bond acceptors (Lipinski definition) is 2. The smallest absolute Gasteiger partial charge is 0.301 e. The second-order valence-electron chi connectivity index (χ2n) is 3.03. The van der Waals surface area contributed by atoms with Crippen molar-refractivity contribution in [1.29, 1.82) is 0 Å². The molecule has 1 heterocycles. The SMILES string of the molecule is O=c1sccn1Cc1cc(Cl)ccc1F. The number of aromatic nitrogens is 1. The molecule has 0 aliphatic heterocycles. The summed E-state index contributed by atoms with van der Waals surface area (Å²) in [5.41, 5.74) is 0.419. The van der Waals surface area contributed by atoms with E-state index in [0.29, 0.717) is 10.6 Å². The van der Waals surface area contributed by atoms with Gasteiger partial charge in [-0.1, -0.05) is 22.9 Å². The highest BCUT2D eigenvalue weighted by Gasteiger charge is 2.05. The second kappa shape index (κ2) is 4.16. The van der Waals surface area contributed by atoms with Crippen LogP contribution in [0.1, 0.15) is 5.56 Å². The molecule has 5 heteroatoms. The highest BCUT2D eigenvalue weighted by Crippen LogP contribution is 2.15. The van der Waals surface area contributed by atoms with Gasteiger partial charge in [-0.15, -0.1) is 0 Å². The first-order valence-corrected chi connectivity index (χ1v) is 5.50. The van der Waals surface area contributed by atoms with Crippen molar-refractivity contribution in [3.8, 4) is 0 Å². The maximum Gasteiger partial charge on any atom is 0.307 e. The van der Waals surface area contributed by atoms with Crippen molar-refractivity contribution < 1.29 is 4.39 Å². The maximum atomic E-state index is 13.3. The van der Waals surface area contributed by atoms with Gasteiger partial charge in [0.2, 0.25) is 0 Å². The number of nitrogens with zero attached hydrogens (tertiary/aromatic N) is 1.